The first kappa shape index (κ1) is 40.1. The monoisotopic (exact) mass is 809 g/mol. The molecule has 1 N–H and O–H groups in total. The maximum Gasteiger partial charge on any atom is 0.283 e. The lowest BCUT2D eigenvalue weighted by atomic mass is 9.63. The molecule has 4 aliphatic heterocycles. The van der Waals surface area contributed by atoms with Crippen molar-refractivity contribution in [1.82, 2.24) is 19.5 Å². The number of piperidine rings is 1. The molecule has 56 heavy (non-hydrogen) atoms. The van der Waals surface area contributed by atoms with E-state index in [2.05, 4.69) is 43.7 Å². The second kappa shape index (κ2) is 16.5. The molecule has 2 saturated heterocycles. The van der Waals surface area contributed by atoms with Crippen molar-refractivity contribution in [3.8, 4) is 5.75 Å². The van der Waals surface area contributed by atoms with Crippen LogP contribution in [-0.2, 0) is 31.3 Å². The Bertz CT molecular complexity index is 1900. The molecule has 7 atom stereocenters. The number of amides is 1. The minimum Gasteiger partial charge on any atom is -0.489 e. The summed E-state index contributed by atoms with van der Waals surface area (Å²) in [7, 11) is -0.670. The van der Waals surface area contributed by atoms with E-state index in [1.54, 1.807) is 19.2 Å². The second-order valence-corrected chi connectivity index (χ2v) is 19.9. The smallest absolute Gasteiger partial charge is 0.283 e. The van der Waals surface area contributed by atoms with Crippen molar-refractivity contribution in [2.75, 3.05) is 78.1 Å². The van der Waals surface area contributed by atoms with Crippen molar-refractivity contribution in [3.63, 3.8) is 0 Å². The zero-order valence-electron chi connectivity index (χ0n) is 33.4. The number of benzene rings is 1. The van der Waals surface area contributed by atoms with Gasteiger partial charge >= 0.3 is 0 Å². The highest BCUT2D eigenvalue weighted by Gasteiger charge is 2.50. The quantitative estimate of drug-likeness (QED) is 0.357. The van der Waals surface area contributed by atoms with Crippen LogP contribution in [0.25, 0.3) is 0 Å². The summed E-state index contributed by atoms with van der Waals surface area (Å²) in [4.78, 5) is 26.4. The van der Waals surface area contributed by atoms with E-state index in [0.717, 1.165) is 63.3 Å². The van der Waals surface area contributed by atoms with Crippen LogP contribution in [0.2, 0.25) is 5.02 Å². The van der Waals surface area contributed by atoms with E-state index in [0.29, 0.717) is 49.6 Å². The number of methoxy groups -OCH3 is 2. The molecule has 13 heteroatoms. The summed E-state index contributed by atoms with van der Waals surface area (Å²) >= 11 is 6.52. The van der Waals surface area contributed by atoms with E-state index in [1.165, 1.54) is 36.9 Å². The summed E-state index contributed by atoms with van der Waals surface area (Å²) in [5.41, 5.74) is 1.70. The van der Waals surface area contributed by atoms with Gasteiger partial charge in [-0.2, -0.15) is 0 Å². The molecule has 2 bridgehead atoms. The number of hydrogen-bond donors (Lipinski definition) is 1. The molecule has 1 saturated carbocycles. The van der Waals surface area contributed by atoms with Gasteiger partial charge in [0.05, 0.1) is 11.9 Å². The Hall–Kier alpha value is -2.74. The third kappa shape index (κ3) is 7.87. The summed E-state index contributed by atoms with van der Waals surface area (Å²) in [6.07, 6.45) is 14.0. The average molecular weight is 811 g/mol. The van der Waals surface area contributed by atoms with Crippen LogP contribution < -0.4 is 14.4 Å². The van der Waals surface area contributed by atoms with Gasteiger partial charge in [0.15, 0.2) is 11.6 Å². The number of nitrogens with zero attached hydrogens (tertiary/aromatic N) is 4. The molecule has 8 rings (SSSR count). The zero-order chi connectivity index (χ0) is 39.1. The Kier molecular flexibility index (Phi) is 11.8. The van der Waals surface area contributed by atoms with Crippen LogP contribution in [0.15, 0.2) is 42.5 Å². The molecule has 0 radical (unpaired) electrons. The highest BCUT2D eigenvalue weighted by Crippen LogP contribution is 2.49. The predicted molar refractivity (Wildman–Crippen MR) is 219 cm³/mol. The minimum absolute atomic E-state index is 0.0519. The van der Waals surface area contributed by atoms with Gasteiger partial charge in [-0.25, -0.2) is 18.1 Å². The van der Waals surface area contributed by atoms with Gasteiger partial charge < -0.3 is 19.1 Å². The fourth-order valence-corrected chi connectivity index (χ4v) is 12.8. The fraction of sp³-hybridized carbons (Fsp3) is 0.674. The van der Waals surface area contributed by atoms with Crippen LogP contribution in [0, 0.1) is 17.8 Å². The number of pyridine rings is 1. The number of allylic oxidation sites excluding steroid dienone is 1. The first-order valence-electron chi connectivity index (χ1n) is 20.9. The Labute approximate surface area is 338 Å². The fourth-order valence-electron chi connectivity index (χ4n) is 11.0. The molecule has 6 aliphatic rings. The number of nitrogens with one attached hydrogen (secondary N) is 1. The number of aryl methyl sites for hydroxylation is 1. The minimum atomic E-state index is -4.10. The SMILES string of the molecule is COCC[C@@H]1[C@@H](C)C/C=C/[C@@](CN2CCN3CCCC[C@@H]3C2)(OC)[C@@H]2CC[C@H]2CN2C[C@@]3(CCCc4cc(Cl)ccc43)COc3ccc(nc32)C(=O)NS1(=O)=O. The van der Waals surface area contributed by atoms with Gasteiger partial charge in [-0.05, 0) is 117 Å². The Morgan fingerprint density at radius 2 is 1.93 bits per heavy atom. The number of aromatic nitrogens is 1. The number of carbonyl (C=O) groups excluding carboxylic acids is 1. The Morgan fingerprint density at radius 1 is 1.05 bits per heavy atom. The Balaban J connectivity index is 1.20. The van der Waals surface area contributed by atoms with Crippen LogP contribution in [0.3, 0.4) is 0 Å². The Morgan fingerprint density at radius 3 is 2.73 bits per heavy atom. The van der Waals surface area contributed by atoms with Crippen LogP contribution in [0.1, 0.15) is 86.3 Å². The molecule has 11 nitrogen and oxygen atoms in total. The predicted octanol–water partition coefficient (Wildman–Crippen LogP) is 5.85. The van der Waals surface area contributed by atoms with Crippen LogP contribution in [0.4, 0.5) is 5.82 Å². The van der Waals surface area contributed by atoms with Gasteiger partial charge in [-0.3, -0.25) is 14.6 Å². The van der Waals surface area contributed by atoms with Gasteiger partial charge in [0, 0.05) is 76.6 Å². The van der Waals surface area contributed by atoms with Crippen LogP contribution in [-0.4, -0.2) is 119 Å². The number of sulfonamides is 1. The van der Waals surface area contributed by atoms with Crippen LogP contribution >= 0.6 is 11.6 Å². The van der Waals surface area contributed by atoms with E-state index in [-0.39, 0.29) is 36.0 Å². The van der Waals surface area contributed by atoms with E-state index in [1.807, 2.05) is 20.1 Å². The van der Waals surface area contributed by atoms with Crippen molar-refractivity contribution in [1.29, 1.82) is 0 Å². The van der Waals surface area contributed by atoms with Crippen molar-refractivity contribution in [2.24, 2.45) is 17.8 Å². The lowest BCUT2D eigenvalue weighted by Crippen LogP contribution is -2.61. The maximum atomic E-state index is 14.1. The van der Waals surface area contributed by atoms with Crippen molar-refractivity contribution >= 4 is 33.3 Å². The topological polar surface area (TPSA) is 114 Å². The zero-order valence-corrected chi connectivity index (χ0v) is 35.0. The normalized spacial score (nSPS) is 34.2. The molecular weight excluding hydrogens is 750 g/mol. The summed E-state index contributed by atoms with van der Waals surface area (Å²) in [5.74, 6) is 0.699. The molecule has 0 unspecified atom stereocenters. The largest absolute Gasteiger partial charge is 0.489 e. The summed E-state index contributed by atoms with van der Waals surface area (Å²) in [6.45, 7) is 9.17. The molecule has 306 valence electrons. The summed E-state index contributed by atoms with van der Waals surface area (Å²) < 4.78 is 49.4. The van der Waals surface area contributed by atoms with E-state index in [9.17, 15) is 13.2 Å². The summed E-state index contributed by atoms with van der Waals surface area (Å²) in [6, 6.07) is 10.2. The van der Waals surface area contributed by atoms with Gasteiger partial charge in [0.1, 0.15) is 11.3 Å². The number of halogens is 1. The van der Waals surface area contributed by atoms with E-state index < -0.39 is 26.8 Å². The molecule has 2 aliphatic carbocycles. The number of hydrogen-bond acceptors (Lipinski definition) is 10. The second-order valence-electron chi connectivity index (χ2n) is 17.6. The molecular formula is C43H60ClN5O6S. The first-order valence-corrected chi connectivity index (χ1v) is 22.9. The van der Waals surface area contributed by atoms with Crippen molar-refractivity contribution in [3.05, 3.63) is 64.3 Å². The van der Waals surface area contributed by atoms with Gasteiger partial charge in [0.2, 0.25) is 10.0 Å². The van der Waals surface area contributed by atoms with Crippen LogP contribution in [0.5, 0.6) is 5.75 Å². The molecule has 1 aromatic carbocycles. The highest BCUT2D eigenvalue weighted by molar-refractivity contribution is 7.90. The first-order chi connectivity index (χ1) is 27.0. The van der Waals surface area contributed by atoms with E-state index >= 15 is 0 Å². The maximum absolute atomic E-state index is 14.1. The standard InChI is InChI=1S/C43H60ClN5O6S/c1-30-8-6-19-43(54-3,28-47-21-22-48-20-5-4-10-34(48)26-47)36-13-11-32(36)25-49-27-42(18-7-9-31-24-33(44)12-14-35(31)42)29-55-38-16-15-37(45-40(38)49)41(50)46-56(51,52)39(30)17-23-53-2/h6,12,14-16,19,24,30,32,34,36,39H,4-5,7-11,13,17-18,20-23,25-29H2,1-3H3,(H,46,50)/b19-6+/t30-,32-,34+,36+,39+,42-,43-/m0/s1. The number of ether oxygens (including phenoxy) is 3. The van der Waals surface area contributed by atoms with Gasteiger partial charge in [-0.15, -0.1) is 0 Å². The average Bonchev–Trinajstić information content (AvgIpc) is 3.32. The highest BCUT2D eigenvalue weighted by atomic mass is 35.5. The van der Waals surface area contributed by atoms with Gasteiger partial charge in [0.25, 0.3) is 5.91 Å². The third-order valence-corrected chi connectivity index (χ3v) is 16.4. The van der Waals surface area contributed by atoms with Crippen molar-refractivity contribution in [2.45, 2.75) is 93.4 Å². The van der Waals surface area contributed by atoms with Gasteiger partial charge in [-0.1, -0.05) is 43.2 Å². The molecule has 5 heterocycles. The number of rotatable bonds is 6. The summed E-state index contributed by atoms with van der Waals surface area (Å²) in [5, 5.41) is -0.113. The molecule has 2 aromatic rings. The number of piperazine rings is 1. The molecule has 1 spiro atoms. The lowest BCUT2D eigenvalue weighted by Gasteiger charge is -2.53. The molecule has 1 aromatic heterocycles. The number of fused-ring (bicyclic) bond motifs is 5. The van der Waals surface area contributed by atoms with Crippen molar-refractivity contribution < 1.29 is 27.4 Å². The lowest BCUT2D eigenvalue weighted by molar-refractivity contribution is -0.100. The number of anilines is 1. The molecule has 3 fully saturated rings. The van der Waals surface area contributed by atoms with E-state index in [4.69, 9.17) is 30.8 Å². The number of carbonyl (C=O) groups is 1. The molecule has 1 amide bonds. The third-order valence-electron chi connectivity index (χ3n) is 14.2.